The zero-order chi connectivity index (χ0) is 11.9. The largest absolute Gasteiger partial charge is 0.378 e. The molecule has 0 heterocycles. The molecule has 0 aromatic rings. The van der Waals surface area contributed by atoms with E-state index in [0.29, 0.717) is 13.2 Å². The Labute approximate surface area is 119 Å². The van der Waals surface area contributed by atoms with Crippen LogP contribution < -0.4 is 0 Å². The molecule has 0 saturated carbocycles. The van der Waals surface area contributed by atoms with Gasteiger partial charge in [-0.1, -0.05) is 0 Å². The van der Waals surface area contributed by atoms with Crippen LogP contribution in [0.3, 0.4) is 0 Å². The van der Waals surface area contributed by atoms with Crippen LogP contribution >= 0.6 is 48.8 Å². The maximum Gasteiger partial charge on any atom is 0.0700 e. The van der Waals surface area contributed by atoms with Crippen molar-refractivity contribution >= 4 is 48.8 Å². The first-order valence-electron chi connectivity index (χ1n) is 5.44. The molecule has 6 heteroatoms. The summed E-state index contributed by atoms with van der Waals surface area (Å²) in [5.74, 6) is 6.20. The van der Waals surface area contributed by atoms with Crippen LogP contribution in [-0.4, -0.2) is 60.9 Å². The van der Waals surface area contributed by atoms with Crippen molar-refractivity contribution < 1.29 is 9.47 Å². The van der Waals surface area contributed by atoms with E-state index in [4.69, 9.17) is 9.47 Å². The van der Waals surface area contributed by atoms with E-state index in [0.717, 1.165) is 47.7 Å². The number of thiol groups is 2. The van der Waals surface area contributed by atoms with E-state index < -0.39 is 0 Å². The summed E-state index contributed by atoms with van der Waals surface area (Å²) < 4.78 is 10.8. The Morgan fingerprint density at radius 1 is 0.625 bits per heavy atom. The summed E-state index contributed by atoms with van der Waals surface area (Å²) in [6, 6.07) is 0. The number of hydrogen-bond acceptors (Lipinski definition) is 6. The molecule has 0 aliphatic heterocycles. The molecule has 0 rings (SSSR count). The van der Waals surface area contributed by atoms with Crippen LogP contribution in [-0.2, 0) is 9.47 Å². The van der Waals surface area contributed by atoms with E-state index >= 15 is 0 Å². The predicted octanol–water partition coefficient (Wildman–Crippen LogP) is 2.35. The van der Waals surface area contributed by atoms with E-state index in [2.05, 4.69) is 25.3 Å². The lowest BCUT2D eigenvalue weighted by Crippen LogP contribution is -2.08. The van der Waals surface area contributed by atoms with E-state index in [1.54, 1.807) is 0 Å². The van der Waals surface area contributed by atoms with Crippen molar-refractivity contribution in [2.24, 2.45) is 0 Å². The van der Waals surface area contributed by atoms with E-state index in [1.807, 2.05) is 23.5 Å². The van der Waals surface area contributed by atoms with Gasteiger partial charge in [-0.05, 0) is 11.5 Å². The van der Waals surface area contributed by atoms with Crippen LogP contribution in [0.15, 0.2) is 0 Å². The fourth-order valence-electron chi connectivity index (χ4n) is 0.891. The van der Waals surface area contributed by atoms with Crippen molar-refractivity contribution in [3.05, 3.63) is 0 Å². The average molecular weight is 303 g/mol. The van der Waals surface area contributed by atoms with Crippen LogP contribution in [0.4, 0.5) is 0 Å². The van der Waals surface area contributed by atoms with Gasteiger partial charge in [0, 0.05) is 23.0 Å². The van der Waals surface area contributed by atoms with Gasteiger partial charge >= 0.3 is 0 Å². The smallest absolute Gasteiger partial charge is 0.0700 e. The lowest BCUT2D eigenvalue weighted by atomic mass is 10.7. The topological polar surface area (TPSA) is 18.5 Å². The summed E-state index contributed by atoms with van der Waals surface area (Å²) in [6.07, 6.45) is 0. The van der Waals surface area contributed by atoms with Crippen molar-refractivity contribution in [2.45, 2.75) is 0 Å². The van der Waals surface area contributed by atoms with Gasteiger partial charge in [-0.15, -0.1) is 0 Å². The molecular formula is C10H22O2S4. The molecule has 0 aliphatic carbocycles. The van der Waals surface area contributed by atoms with Crippen LogP contribution in [0.5, 0.6) is 0 Å². The summed E-state index contributed by atoms with van der Waals surface area (Å²) in [7, 11) is 0. The van der Waals surface area contributed by atoms with Crippen LogP contribution in [0.1, 0.15) is 0 Å². The Kier molecular flexibility index (Phi) is 17.7. The molecular weight excluding hydrogens is 280 g/mol. The molecule has 0 radical (unpaired) electrons. The molecule has 0 bridgehead atoms. The molecule has 16 heavy (non-hydrogen) atoms. The van der Waals surface area contributed by atoms with E-state index in [-0.39, 0.29) is 0 Å². The first kappa shape index (κ1) is 17.3. The van der Waals surface area contributed by atoms with Gasteiger partial charge in [-0.25, -0.2) is 0 Å². The summed E-state index contributed by atoms with van der Waals surface area (Å²) in [6.45, 7) is 3.05. The molecule has 0 fully saturated rings. The second-order valence-electron chi connectivity index (χ2n) is 2.90. The van der Waals surface area contributed by atoms with Crippen LogP contribution in [0, 0.1) is 0 Å². The highest BCUT2D eigenvalue weighted by Gasteiger charge is 1.92. The Bertz CT molecular complexity index is 113. The molecule has 0 atom stereocenters. The molecule has 0 saturated heterocycles. The molecule has 0 spiro atoms. The van der Waals surface area contributed by atoms with Gasteiger partial charge in [0.15, 0.2) is 0 Å². The van der Waals surface area contributed by atoms with Gasteiger partial charge < -0.3 is 9.47 Å². The molecule has 98 valence electrons. The second-order valence-corrected chi connectivity index (χ2v) is 6.24. The first-order valence-corrected chi connectivity index (χ1v) is 9.02. The van der Waals surface area contributed by atoms with Gasteiger partial charge in [0.2, 0.25) is 0 Å². The molecule has 2 nitrogen and oxygen atoms in total. The molecule has 0 aromatic carbocycles. The van der Waals surface area contributed by atoms with E-state index in [1.165, 1.54) is 0 Å². The van der Waals surface area contributed by atoms with Crippen molar-refractivity contribution in [1.82, 2.24) is 0 Å². The highest BCUT2D eigenvalue weighted by atomic mass is 32.2. The highest BCUT2D eigenvalue weighted by Crippen LogP contribution is 2.00. The summed E-state index contributed by atoms with van der Waals surface area (Å²) >= 11 is 12.0. The zero-order valence-electron chi connectivity index (χ0n) is 9.60. The Balaban J connectivity index is 2.83. The van der Waals surface area contributed by atoms with Gasteiger partial charge in [-0.3, -0.25) is 0 Å². The Morgan fingerprint density at radius 3 is 1.44 bits per heavy atom. The Hall–Kier alpha value is 1.32. The van der Waals surface area contributed by atoms with Gasteiger partial charge in [0.25, 0.3) is 0 Å². The average Bonchev–Trinajstić information content (AvgIpc) is 2.31. The van der Waals surface area contributed by atoms with Crippen molar-refractivity contribution in [3.63, 3.8) is 0 Å². The number of thioether (sulfide) groups is 2. The highest BCUT2D eigenvalue weighted by molar-refractivity contribution is 8.00. The van der Waals surface area contributed by atoms with Crippen LogP contribution in [0.25, 0.3) is 0 Å². The minimum atomic E-state index is 0.707. The molecule has 0 unspecified atom stereocenters. The van der Waals surface area contributed by atoms with Gasteiger partial charge in [-0.2, -0.15) is 48.8 Å². The fourth-order valence-corrected chi connectivity index (χ4v) is 2.80. The maximum atomic E-state index is 5.42. The monoisotopic (exact) mass is 302 g/mol. The third-order valence-electron chi connectivity index (χ3n) is 1.59. The SMILES string of the molecule is SCCSCCOCCOCCSCCS. The number of hydrogen-bond donors (Lipinski definition) is 2. The predicted molar refractivity (Wildman–Crippen MR) is 84.0 cm³/mol. The quantitative estimate of drug-likeness (QED) is 0.402. The minimum Gasteiger partial charge on any atom is -0.378 e. The second kappa shape index (κ2) is 16.3. The summed E-state index contributed by atoms with van der Waals surface area (Å²) in [5, 5.41) is 0. The lowest BCUT2D eigenvalue weighted by molar-refractivity contribution is 0.0605. The third-order valence-corrected chi connectivity index (χ3v) is 4.54. The van der Waals surface area contributed by atoms with Gasteiger partial charge in [0.05, 0.1) is 26.4 Å². The van der Waals surface area contributed by atoms with Crippen molar-refractivity contribution in [2.75, 3.05) is 60.9 Å². The van der Waals surface area contributed by atoms with Gasteiger partial charge in [0.1, 0.15) is 0 Å². The lowest BCUT2D eigenvalue weighted by Gasteiger charge is -2.05. The van der Waals surface area contributed by atoms with Crippen molar-refractivity contribution in [1.29, 1.82) is 0 Å². The zero-order valence-corrected chi connectivity index (χ0v) is 13.0. The Morgan fingerprint density at radius 2 is 1.06 bits per heavy atom. The minimum absolute atomic E-state index is 0.707. The fraction of sp³-hybridized carbons (Fsp3) is 1.00. The normalized spacial score (nSPS) is 10.9. The van der Waals surface area contributed by atoms with E-state index in [9.17, 15) is 0 Å². The molecule has 0 aliphatic rings. The van der Waals surface area contributed by atoms with Crippen LogP contribution in [0.2, 0.25) is 0 Å². The molecule has 0 amide bonds. The third kappa shape index (κ3) is 15.3. The number of rotatable bonds is 13. The summed E-state index contributed by atoms with van der Waals surface area (Å²) in [5.41, 5.74) is 0. The van der Waals surface area contributed by atoms with Crippen molar-refractivity contribution in [3.8, 4) is 0 Å². The summed E-state index contributed by atoms with van der Waals surface area (Å²) in [4.78, 5) is 0. The standard InChI is InChI=1S/C10H22O2S4/c13-5-9-15-7-3-11-1-2-12-4-8-16-10-6-14/h13-14H,1-10H2. The molecule has 0 aromatic heterocycles. The maximum absolute atomic E-state index is 5.42. The first-order chi connectivity index (χ1) is 7.91. The number of ether oxygens (including phenoxy) is 2. The molecule has 0 N–H and O–H groups in total.